The predicted octanol–water partition coefficient (Wildman–Crippen LogP) is 2.26. The van der Waals surface area contributed by atoms with Gasteiger partial charge in [-0.1, -0.05) is 13.8 Å². The lowest BCUT2D eigenvalue weighted by Crippen LogP contribution is -2.42. The molecule has 1 unspecified atom stereocenters. The Morgan fingerprint density at radius 3 is 2.62 bits per heavy atom. The number of aromatic nitrogens is 1. The molecule has 1 aromatic heterocycles. The first-order valence-corrected chi connectivity index (χ1v) is 6.54. The molecule has 1 heterocycles. The third-order valence-electron chi connectivity index (χ3n) is 3.17. The van der Waals surface area contributed by atoms with Crippen LogP contribution >= 0.6 is 11.3 Å². The molecule has 92 valence electrons. The second-order valence-corrected chi connectivity index (χ2v) is 6.25. The number of aryl methyl sites for hydroxylation is 1. The summed E-state index contributed by atoms with van der Waals surface area (Å²) in [6, 6.07) is 0.206. The molecule has 0 aliphatic heterocycles. The van der Waals surface area contributed by atoms with Crippen LogP contribution in [0.5, 0.6) is 0 Å². The molecule has 2 N–H and O–H groups in total. The van der Waals surface area contributed by atoms with E-state index in [0.29, 0.717) is 0 Å². The Hall–Kier alpha value is -0.450. The van der Waals surface area contributed by atoms with Crippen molar-refractivity contribution in [2.45, 2.75) is 40.3 Å². The number of rotatable bonds is 5. The van der Waals surface area contributed by atoms with Crippen molar-refractivity contribution in [2.75, 3.05) is 13.6 Å². The molecule has 0 aliphatic rings. The first-order valence-electron chi connectivity index (χ1n) is 5.66. The van der Waals surface area contributed by atoms with Crippen LogP contribution in [0.2, 0.25) is 0 Å². The lowest BCUT2D eigenvalue weighted by Gasteiger charge is -2.33. The summed E-state index contributed by atoms with van der Waals surface area (Å²) in [6.07, 6.45) is 0. The molecule has 0 bridgehead atoms. The van der Waals surface area contributed by atoms with Gasteiger partial charge in [0.05, 0.1) is 11.2 Å². The molecule has 0 aromatic carbocycles. The van der Waals surface area contributed by atoms with E-state index in [1.807, 2.05) is 5.51 Å². The second-order valence-electron chi connectivity index (χ2n) is 5.31. The first-order chi connectivity index (χ1) is 7.33. The molecular formula is C12H23N3S. The summed E-state index contributed by atoms with van der Waals surface area (Å²) in [5, 5.41) is 0. The zero-order chi connectivity index (χ0) is 12.3. The van der Waals surface area contributed by atoms with Crippen molar-refractivity contribution in [3.8, 4) is 0 Å². The van der Waals surface area contributed by atoms with Gasteiger partial charge in [0.2, 0.25) is 0 Å². The van der Waals surface area contributed by atoms with Crippen LogP contribution in [0.3, 0.4) is 0 Å². The number of hydrogen-bond acceptors (Lipinski definition) is 4. The zero-order valence-electron chi connectivity index (χ0n) is 10.9. The van der Waals surface area contributed by atoms with Crippen LogP contribution in [0.4, 0.5) is 0 Å². The van der Waals surface area contributed by atoms with Crippen molar-refractivity contribution in [2.24, 2.45) is 11.1 Å². The Kier molecular flexibility index (Phi) is 4.47. The van der Waals surface area contributed by atoms with Crippen molar-refractivity contribution in [3.05, 3.63) is 16.1 Å². The Morgan fingerprint density at radius 2 is 2.19 bits per heavy atom. The molecule has 0 saturated heterocycles. The van der Waals surface area contributed by atoms with E-state index in [4.69, 9.17) is 5.73 Å². The molecule has 0 radical (unpaired) electrons. The Morgan fingerprint density at radius 1 is 1.56 bits per heavy atom. The van der Waals surface area contributed by atoms with Gasteiger partial charge in [-0.3, -0.25) is 0 Å². The Balaban J connectivity index is 2.54. The zero-order valence-corrected chi connectivity index (χ0v) is 11.8. The molecule has 16 heavy (non-hydrogen) atoms. The maximum absolute atomic E-state index is 5.99. The van der Waals surface area contributed by atoms with Gasteiger partial charge in [-0.15, -0.1) is 11.3 Å². The van der Waals surface area contributed by atoms with E-state index < -0.39 is 0 Å². The number of nitrogens with two attached hydrogens (primary N) is 1. The topological polar surface area (TPSA) is 42.2 Å². The smallest absolute Gasteiger partial charge is 0.0798 e. The highest BCUT2D eigenvalue weighted by atomic mass is 32.1. The molecule has 4 heteroatoms. The SMILES string of the molecule is Cc1ncsc1CN(C)CC(C)(C)C(C)N. The van der Waals surface area contributed by atoms with Gasteiger partial charge in [0.1, 0.15) is 0 Å². The fraction of sp³-hybridized carbons (Fsp3) is 0.750. The summed E-state index contributed by atoms with van der Waals surface area (Å²) in [4.78, 5) is 7.94. The second kappa shape index (κ2) is 5.25. The Labute approximate surface area is 103 Å². The molecule has 0 fully saturated rings. The highest BCUT2D eigenvalue weighted by Gasteiger charge is 2.24. The summed E-state index contributed by atoms with van der Waals surface area (Å²) in [7, 11) is 2.14. The van der Waals surface area contributed by atoms with Crippen LogP contribution < -0.4 is 5.73 Å². The van der Waals surface area contributed by atoms with Crippen molar-refractivity contribution in [1.29, 1.82) is 0 Å². The highest BCUT2D eigenvalue weighted by Crippen LogP contribution is 2.22. The van der Waals surface area contributed by atoms with Crippen LogP contribution in [0.1, 0.15) is 31.3 Å². The van der Waals surface area contributed by atoms with Crippen LogP contribution in [0.15, 0.2) is 5.51 Å². The monoisotopic (exact) mass is 241 g/mol. The quantitative estimate of drug-likeness (QED) is 0.860. The summed E-state index contributed by atoms with van der Waals surface area (Å²) >= 11 is 1.73. The first kappa shape index (κ1) is 13.6. The van der Waals surface area contributed by atoms with Gasteiger partial charge in [-0.25, -0.2) is 4.98 Å². The fourth-order valence-corrected chi connectivity index (χ4v) is 2.47. The standard InChI is InChI=1S/C12H23N3S/c1-9-11(16-8-14-9)6-15(5)7-12(3,4)10(2)13/h8,10H,6-7,13H2,1-5H3. The van der Waals surface area contributed by atoms with Crippen molar-refractivity contribution in [3.63, 3.8) is 0 Å². The minimum Gasteiger partial charge on any atom is -0.327 e. The average Bonchev–Trinajstić information content (AvgIpc) is 2.50. The lowest BCUT2D eigenvalue weighted by molar-refractivity contribution is 0.179. The number of hydrogen-bond donors (Lipinski definition) is 1. The van der Waals surface area contributed by atoms with Crippen molar-refractivity contribution < 1.29 is 0 Å². The maximum Gasteiger partial charge on any atom is 0.0798 e. The molecule has 1 atom stereocenters. The predicted molar refractivity (Wildman–Crippen MR) is 70.6 cm³/mol. The molecule has 3 nitrogen and oxygen atoms in total. The van der Waals surface area contributed by atoms with Crippen LogP contribution in [-0.2, 0) is 6.54 Å². The van der Waals surface area contributed by atoms with E-state index >= 15 is 0 Å². The van der Waals surface area contributed by atoms with Crippen LogP contribution in [-0.4, -0.2) is 29.5 Å². The Bertz CT molecular complexity index is 331. The van der Waals surface area contributed by atoms with Crippen LogP contribution in [0.25, 0.3) is 0 Å². The van der Waals surface area contributed by atoms with E-state index in [2.05, 4.69) is 44.6 Å². The van der Waals surface area contributed by atoms with Gasteiger partial charge in [-0.2, -0.15) is 0 Å². The van der Waals surface area contributed by atoms with Gasteiger partial charge < -0.3 is 10.6 Å². The normalized spacial score (nSPS) is 14.4. The van der Waals surface area contributed by atoms with Gasteiger partial charge in [0, 0.05) is 24.0 Å². The van der Waals surface area contributed by atoms with Crippen molar-refractivity contribution >= 4 is 11.3 Å². The lowest BCUT2D eigenvalue weighted by atomic mass is 9.85. The summed E-state index contributed by atoms with van der Waals surface area (Å²) < 4.78 is 0. The largest absolute Gasteiger partial charge is 0.327 e. The van der Waals surface area contributed by atoms with Gasteiger partial charge in [-0.05, 0) is 26.3 Å². The molecular weight excluding hydrogens is 218 g/mol. The molecule has 0 saturated carbocycles. The van der Waals surface area contributed by atoms with E-state index in [1.54, 1.807) is 11.3 Å². The summed E-state index contributed by atoms with van der Waals surface area (Å²) in [6.45, 7) is 10.5. The van der Waals surface area contributed by atoms with E-state index in [9.17, 15) is 0 Å². The van der Waals surface area contributed by atoms with Crippen LogP contribution in [0, 0.1) is 12.3 Å². The minimum absolute atomic E-state index is 0.146. The molecule has 0 spiro atoms. The maximum atomic E-state index is 5.99. The average molecular weight is 241 g/mol. The van der Waals surface area contributed by atoms with E-state index in [0.717, 1.165) is 18.8 Å². The van der Waals surface area contributed by atoms with Gasteiger partial charge in [0.25, 0.3) is 0 Å². The third-order valence-corrected chi connectivity index (χ3v) is 4.09. The number of thiazole rings is 1. The highest BCUT2D eigenvalue weighted by molar-refractivity contribution is 7.09. The molecule has 1 rings (SSSR count). The fourth-order valence-electron chi connectivity index (χ4n) is 1.62. The van der Waals surface area contributed by atoms with Gasteiger partial charge in [0.15, 0.2) is 0 Å². The third kappa shape index (κ3) is 3.54. The molecule has 1 aromatic rings. The van der Waals surface area contributed by atoms with Crippen molar-refractivity contribution in [1.82, 2.24) is 9.88 Å². The minimum atomic E-state index is 0.146. The van der Waals surface area contributed by atoms with Gasteiger partial charge >= 0.3 is 0 Å². The summed E-state index contributed by atoms with van der Waals surface area (Å²) in [5.74, 6) is 0. The molecule has 0 aliphatic carbocycles. The van der Waals surface area contributed by atoms with E-state index in [1.165, 1.54) is 4.88 Å². The molecule has 0 amide bonds. The number of nitrogens with zero attached hydrogens (tertiary/aromatic N) is 2. The van der Waals surface area contributed by atoms with E-state index in [-0.39, 0.29) is 11.5 Å². The summed E-state index contributed by atoms with van der Waals surface area (Å²) in [5.41, 5.74) is 9.19.